The van der Waals surface area contributed by atoms with Crippen molar-refractivity contribution in [1.82, 2.24) is 5.32 Å². The van der Waals surface area contributed by atoms with Crippen LogP contribution in [-0.2, 0) is 14.3 Å². The highest BCUT2D eigenvalue weighted by molar-refractivity contribution is 5.76. The van der Waals surface area contributed by atoms with Crippen LogP contribution >= 0.6 is 0 Å². The maximum Gasteiger partial charge on any atom is 0.305 e. The molecule has 1 amide bonds. The van der Waals surface area contributed by atoms with Gasteiger partial charge in [0.2, 0.25) is 5.91 Å². The van der Waals surface area contributed by atoms with Gasteiger partial charge in [0, 0.05) is 12.8 Å². The van der Waals surface area contributed by atoms with Crippen LogP contribution < -0.4 is 5.32 Å². The lowest BCUT2D eigenvalue weighted by Gasteiger charge is -2.22. The molecular formula is C66H127NO5. The fourth-order valence-corrected chi connectivity index (χ4v) is 10.3. The van der Waals surface area contributed by atoms with Crippen LogP contribution in [0, 0.1) is 0 Å². The summed E-state index contributed by atoms with van der Waals surface area (Å²) < 4.78 is 5.47. The average molecular weight is 1010 g/mol. The Balaban J connectivity index is 3.47. The van der Waals surface area contributed by atoms with E-state index in [4.69, 9.17) is 4.74 Å². The number of hydrogen-bond donors (Lipinski definition) is 3. The molecule has 0 aromatic heterocycles. The highest BCUT2D eigenvalue weighted by atomic mass is 16.5. The molecule has 0 radical (unpaired) electrons. The zero-order valence-corrected chi connectivity index (χ0v) is 48.7. The van der Waals surface area contributed by atoms with Crippen molar-refractivity contribution in [2.45, 2.75) is 373 Å². The molecule has 6 heteroatoms. The third kappa shape index (κ3) is 57.6. The molecule has 0 saturated carbocycles. The van der Waals surface area contributed by atoms with E-state index in [9.17, 15) is 19.8 Å². The first-order valence-corrected chi connectivity index (χ1v) is 32.6. The molecule has 0 saturated heterocycles. The van der Waals surface area contributed by atoms with Gasteiger partial charge < -0.3 is 20.3 Å². The first-order chi connectivity index (χ1) is 35.5. The summed E-state index contributed by atoms with van der Waals surface area (Å²) in [5.74, 6) is -0.0580. The van der Waals surface area contributed by atoms with Crippen molar-refractivity contribution in [1.29, 1.82) is 0 Å². The van der Waals surface area contributed by atoms with Gasteiger partial charge in [0.05, 0.1) is 25.4 Å². The quantitative estimate of drug-likeness (QED) is 0.0320. The number of carbonyl (C=O) groups excluding carboxylic acids is 2. The zero-order valence-electron chi connectivity index (χ0n) is 48.7. The molecule has 3 N–H and O–H groups in total. The molecular weight excluding hydrogens is 887 g/mol. The van der Waals surface area contributed by atoms with Crippen molar-refractivity contribution in [3.8, 4) is 0 Å². The molecule has 0 aliphatic rings. The van der Waals surface area contributed by atoms with Crippen molar-refractivity contribution in [3.63, 3.8) is 0 Å². The van der Waals surface area contributed by atoms with E-state index in [-0.39, 0.29) is 18.5 Å². The molecule has 0 heterocycles. The maximum absolute atomic E-state index is 12.5. The Labute approximate surface area is 450 Å². The summed E-state index contributed by atoms with van der Waals surface area (Å²) in [6, 6.07) is -0.554. The average Bonchev–Trinajstić information content (AvgIpc) is 3.38. The summed E-state index contributed by atoms with van der Waals surface area (Å²) in [6.45, 7) is 4.94. The largest absolute Gasteiger partial charge is 0.466 e. The molecule has 0 aromatic carbocycles. The van der Waals surface area contributed by atoms with Gasteiger partial charge in [-0.05, 0) is 64.2 Å². The number of aliphatic hydroxyl groups excluding tert-OH is 2. The lowest BCUT2D eigenvalue weighted by molar-refractivity contribution is -0.143. The Morgan fingerprint density at radius 1 is 0.389 bits per heavy atom. The first kappa shape index (κ1) is 70.3. The predicted octanol–water partition coefficient (Wildman–Crippen LogP) is 20.6. The second-order valence-electron chi connectivity index (χ2n) is 22.5. The van der Waals surface area contributed by atoms with E-state index >= 15 is 0 Å². The minimum Gasteiger partial charge on any atom is -0.466 e. The third-order valence-corrected chi connectivity index (χ3v) is 15.3. The minimum atomic E-state index is -0.676. The van der Waals surface area contributed by atoms with Crippen molar-refractivity contribution in [2.75, 3.05) is 13.2 Å². The van der Waals surface area contributed by atoms with Crippen molar-refractivity contribution in [2.24, 2.45) is 0 Å². The fourth-order valence-electron chi connectivity index (χ4n) is 10.3. The molecule has 0 rings (SSSR count). The molecule has 2 atom stereocenters. The number of hydrogen-bond acceptors (Lipinski definition) is 5. The maximum atomic E-state index is 12.5. The first-order valence-electron chi connectivity index (χ1n) is 32.6. The normalized spacial score (nSPS) is 12.7. The molecule has 0 fully saturated rings. The monoisotopic (exact) mass is 1010 g/mol. The second kappa shape index (κ2) is 61.9. The van der Waals surface area contributed by atoms with Gasteiger partial charge in [0.1, 0.15) is 0 Å². The van der Waals surface area contributed by atoms with Gasteiger partial charge in [-0.15, -0.1) is 0 Å². The molecule has 426 valence electrons. The fraction of sp³-hybridized carbons (Fsp3) is 0.909. The van der Waals surface area contributed by atoms with Gasteiger partial charge in [-0.25, -0.2) is 0 Å². The standard InChI is InChI=1S/C66H127NO5/c1-3-5-7-9-11-13-15-17-19-21-22-23-24-27-30-34-38-42-46-50-54-58-64(69)63(62-68)67-65(70)59-55-51-47-43-39-35-31-28-25-29-33-37-41-45-49-53-57-61-72-66(71)60-56-52-48-44-40-36-32-26-20-18-16-14-12-10-8-6-4-2/h25,29,37,41,63-64,68-69H,3-24,26-28,30-36,38-40,42-62H2,1-2H3,(H,67,70)/b29-25-,41-37-. The van der Waals surface area contributed by atoms with Gasteiger partial charge in [-0.2, -0.15) is 0 Å². The van der Waals surface area contributed by atoms with Gasteiger partial charge in [0.25, 0.3) is 0 Å². The topological polar surface area (TPSA) is 95.9 Å². The number of nitrogens with one attached hydrogen (secondary N) is 1. The van der Waals surface area contributed by atoms with Gasteiger partial charge in [-0.1, -0.05) is 308 Å². The molecule has 6 nitrogen and oxygen atoms in total. The van der Waals surface area contributed by atoms with E-state index in [2.05, 4.69) is 43.5 Å². The molecule has 72 heavy (non-hydrogen) atoms. The minimum absolute atomic E-state index is 0.0106. The molecule has 0 bridgehead atoms. The number of esters is 1. The van der Waals surface area contributed by atoms with Crippen molar-refractivity contribution in [3.05, 3.63) is 24.3 Å². The van der Waals surface area contributed by atoms with E-state index < -0.39 is 12.1 Å². The number of carbonyl (C=O) groups is 2. The van der Waals surface area contributed by atoms with E-state index in [1.165, 1.54) is 244 Å². The van der Waals surface area contributed by atoms with Crippen LogP contribution in [-0.4, -0.2) is 47.4 Å². The van der Waals surface area contributed by atoms with Crippen LogP contribution in [0.3, 0.4) is 0 Å². The Morgan fingerprint density at radius 3 is 1.06 bits per heavy atom. The molecule has 0 aliphatic carbocycles. The van der Waals surface area contributed by atoms with E-state index in [1.807, 2.05) is 0 Å². The smallest absolute Gasteiger partial charge is 0.305 e. The number of amides is 1. The Morgan fingerprint density at radius 2 is 0.694 bits per heavy atom. The zero-order chi connectivity index (χ0) is 52.2. The lowest BCUT2D eigenvalue weighted by atomic mass is 10.0. The number of rotatable bonds is 61. The summed E-state index contributed by atoms with van der Waals surface area (Å²) in [5, 5.41) is 23.4. The highest BCUT2D eigenvalue weighted by Gasteiger charge is 2.20. The summed E-state index contributed by atoms with van der Waals surface area (Å²) >= 11 is 0. The molecule has 0 spiro atoms. The Hall–Kier alpha value is -1.66. The lowest BCUT2D eigenvalue weighted by Crippen LogP contribution is -2.45. The summed E-state index contributed by atoms with van der Waals surface area (Å²) in [7, 11) is 0. The molecule has 0 aromatic rings. The summed E-state index contributed by atoms with van der Waals surface area (Å²) in [5.41, 5.74) is 0. The van der Waals surface area contributed by atoms with E-state index in [1.54, 1.807) is 0 Å². The van der Waals surface area contributed by atoms with Gasteiger partial charge >= 0.3 is 5.97 Å². The van der Waals surface area contributed by atoms with Crippen LogP contribution in [0.15, 0.2) is 24.3 Å². The third-order valence-electron chi connectivity index (χ3n) is 15.3. The van der Waals surface area contributed by atoms with Crippen LogP contribution in [0.2, 0.25) is 0 Å². The number of allylic oxidation sites excluding steroid dienone is 4. The van der Waals surface area contributed by atoms with Crippen LogP contribution in [0.1, 0.15) is 361 Å². The number of aliphatic hydroxyl groups is 2. The Kier molecular flexibility index (Phi) is 60.5. The van der Waals surface area contributed by atoms with Crippen LogP contribution in [0.25, 0.3) is 0 Å². The van der Waals surface area contributed by atoms with Crippen molar-refractivity contribution >= 4 is 11.9 Å². The SMILES string of the molecule is CCCCCCCCCCCCCCCCCCCCCCCC(O)C(CO)NC(=O)CCCCCCCCC/C=C\C/C=C\CCCCCOC(=O)CCCCCCCCCCCCCCCCCCC. The Bertz CT molecular complexity index is 1120. The second-order valence-corrected chi connectivity index (χ2v) is 22.5. The van der Waals surface area contributed by atoms with Crippen LogP contribution in [0.4, 0.5) is 0 Å². The van der Waals surface area contributed by atoms with Crippen LogP contribution in [0.5, 0.6) is 0 Å². The van der Waals surface area contributed by atoms with Gasteiger partial charge in [-0.3, -0.25) is 9.59 Å². The highest BCUT2D eigenvalue weighted by Crippen LogP contribution is 2.18. The molecule has 2 unspecified atom stereocenters. The summed E-state index contributed by atoms with van der Waals surface area (Å²) in [4.78, 5) is 24.6. The summed E-state index contributed by atoms with van der Waals surface area (Å²) in [6.07, 6.45) is 76.2. The number of unbranched alkanes of at least 4 members (excludes halogenated alkanes) is 46. The van der Waals surface area contributed by atoms with E-state index in [0.717, 1.165) is 83.5 Å². The van der Waals surface area contributed by atoms with Gasteiger partial charge in [0.15, 0.2) is 0 Å². The predicted molar refractivity (Wildman–Crippen MR) is 315 cm³/mol. The van der Waals surface area contributed by atoms with Crippen molar-refractivity contribution < 1.29 is 24.5 Å². The van der Waals surface area contributed by atoms with E-state index in [0.29, 0.717) is 25.9 Å². The number of ether oxygens (including phenoxy) is 1. The molecule has 0 aliphatic heterocycles.